The molecule has 4 rings (SSSR count). The summed E-state index contributed by atoms with van der Waals surface area (Å²) in [6.45, 7) is 0.835. The predicted octanol–water partition coefficient (Wildman–Crippen LogP) is 3.04. The Morgan fingerprint density at radius 3 is 2.33 bits per heavy atom. The molecule has 1 aliphatic carbocycles. The van der Waals surface area contributed by atoms with Crippen molar-refractivity contribution in [3.05, 3.63) is 53.1 Å². The van der Waals surface area contributed by atoms with Gasteiger partial charge in [0.05, 0.1) is 27.4 Å². The molecule has 1 saturated carbocycles. The lowest BCUT2D eigenvalue weighted by Crippen LogP contribution is -2.46. The molecular weight excluding hydrogens is 422 g/mol. The number of carbonyl (C=O) groups is 2. The third kappa shape index (κ3) is 5.16. The van der Waals surface area contributed by atoms with Crippen LogP contribution in [0.5, 0.6) is 17.2 Å². The summed E-state index contributed by atoms with van der Waals surface area (Å²) >= 11 is 0. The Hall–Kier alpha value is -3.42. The van der Waals surface area contributed by atoms with Crippen LogP contribution in [-0.4, -0.2) is 57.3 Å². The van der Waals surface area contributed by atoms with Crippen LogP contribution in [0.15, 0.2) is 36.4 Å². The second kappa shape index (κ2) is 10.0. The summed E-state index contributed by atoms with van der Waals surface area (Å²) in [6, 6.07) is 11.5. The van der Waals surface area contributed by atoms with Crippen LogP contribution < -0.4 is 24.8 Å². The van der Waals surface area contributed by atoms with Gasteiger partial charge < -0.3 is 29.7 Å². The van der Waals surface area contributed by atoms with Gasteiger partial charge in [0.1, 0.15) is 5.75 Å². The predicted molar refractivity (Wildman–Crippen MR) is 124 cm³/mol. The second-order valence-corrected chi connectivity index (χ2v) is 8.35. The number of amides is 3. The van der Waals surface area contributed by atoms with Crippen molar-refractivity contribution in [1.29, 1.82) is 0 Å². The molecule has 0 radical (unpaired) electrons. The van der Waals surface area contributed by atoms with E-state index < -0.39 is 0 Å². The fourth-order valence-electron chi connectivity index (χ4n) is 4.22. The Balaban J connectivity index is 1.58. The minimum Gasteiger partial charge on any atom is -0.497 e. The lowest BCUT2D eigenvalue weighted by atomic mass is 9.87. The molecule has 2 aliphatic rings. The summed E-state index contributed by atoms with van der Waals surface area (Å²) in [4.78, 5) is 27.0. The molecule has 33 heavy (non-hydrogen) atoms. The number of carbonyl (C=O) groups excluding carboxylic acids is 2. The van der Waals surface area contributed by atoms with Gasteiger partial charge in [-0.1, -0.05) is 12.1 Å². The minimum absolute atomic E-state index is 0.0228. The van der Waals surface area contributed by atoms with E-state index in [1.165, 1.54) is 0 Å². The Labute approximate surface area is 194 Å². The maximum absolute atomic E-state index is 13.2. The van der Waals surface area contributed by atoms with Gasteiger partial charge in [0.25, 0.3) is 0 Å². The lowest BCUT2D eigenvalue weighted by Gasteiger charge is -2.38. The Morgan fingerprint density at radius 2 is 1.70 bits per heavy atom. The summed E-state index contributed by atoms with van der Waals surface area (Å²) < 4.78 is 16.3. The molecule has 0 saturated heterocycles. The summed E-state index contributed by atoms with van der Waals surface area (Å²) in [5.74, 6) is 2.02. The van der Waals surface area contributed by atoms with Gasteiger partial charge in [-0.05, 0) is 60.2 Å². The molecule has 8 heteroatoms. The van der Waals surface area contributed by atoms with E-state index in [4.69, 9.17) is 14.2 Å². The van der Waals surface area contributed by atoms with Crippen molar-refractivity contribution in [1.82, 2.24) is 15.5 Å². The molecule has 3 amide bonds. The van der Waals surface area contributed by atoms with Crippen molar-refractivity contribution in [3.8, 4) is 17.2 Å². The van der Waals surface area contributed by atoms with E-state index in [1.54, 1.807) is 21.3 Å². The van der Waals surface area contributed by atoms with Crippen LogP contribution in [0.3, 0.4) is 0 Å². The normalized spacial score (nSPS) is 17.1. The highest BCUT2D eigenvalue weighted by atomic mass is 16.5. The summed E-state index contributed by atoms with van der Waals surface area (Å²) in [5.41, 5.74) is 3.07. The molecule has 0 spiro atoms. The maximum atomic E-state index is 13.2. The highest BCUT2D eigenvalue weighted by molar-refractivity contribution is 5.79. The quantitative estimate of drug-likeness (QED) is 0.641. The van der Waals surface area contributed by atoms with Crippen LogP contribution in [0.4, 0.5) is 4.79 Å². The molecular formula is C25H31N3O5. The molecule has 0 bridgehead atoms. The highest BCUT2D eigenvalue weighted by Gasteiger charge is 2.33. The fraction of sp³-hybridized carbons (Fsp3) is 0.440. The van der Waals surface area contributed by atoms with Crippen LogP contribution >= 0.6 is 0 Å². The number of benzene rings is 2. The van der Waals surface area contributed by atoms with Crippen molar-refractivity contribution >= 4 is 11.9 Å². The van der Waals surface area contributed by atoms with Crippen LogP contribution in [0.2, 0.25) is 0 Å². The number of nitrogens with zero attached hydrogens (tertiary/aromatic N) is 1. The molecule has 2 N–H and O–H groups in total. The summed E-state index contributed by atoms with van der Waals surface area (Å²) in [7, 11) is 4.85. The number of urea groups is 1. The number of hydrogen-bond donors (Lipinski definition) is 2. The first-order valence-corrected chi connectivity index (χ1v) is 11.3. The smallest absolute Gasteiger partial charge is 0.318 e. The van der Waals surface area contributed by atoms with E-state index in [-0.39, 0.29) is 24.4 Å². The van der Waals surface area contributed by atoms with E-state index in [9.17, 15) is 9.59 Å². The number of methoxy groups -OCH3 is 3. The average Bonchev–Trinajstić information content (AvgIpc) is 3.66. The van der Waals surface area contributed by atoms with Gasteiger partial charge in [-0.3, -0.25) is 4.79 Å². The molecule has 0 unspecified atom stereocenters. The number of ether oxygens (including phenoxy) is 3. The van der Waals surface area contributed by atoms with E-state index in [0.29, 0.717) is 37.1 Å². The van der Waals surface area contributed by atoms with Gasteiger partial charge in [-0.15, -0.1) is 0 Å². The van der Waals surface area contributed by atoms with Crippen LogP contribution in [0.1, 0.15) is 42.0 Å². The van der Waals surface area contributed by atoms with Crippen LogP contribution in [0.25, 0.3) is 0 Å². The molecule has 8 nitrogen and oxygen atoms in total. The Morgan fingerprint density at radius 1 is 1.00 bits per heavy atom. The van der Waals surface area contributed by atoms with E-state index in [0.717, 1.165) is 35.3 Å². The molecule has 1 atom stereocenters. The monoisotopic (exact) mass is 453 g/mol. The number of nitrogens with one attached hydrogen (secondary N) is 2. The summed E-state index contributed by atoms with van der Waals surface area (Å²) in [6.07, 6.45) is 3.05. The molecule has 1 aliphatic heterocycles. The van der Waals surface area contributed by atoms with Gasteiger partial charge >= 0.3 is 6.03 Å². The fourth-order valence-corrected chi connectivity index (χ4v) is 4.22. The molecule has 2 aromatic rings. The van der Waals surface area contributed by atoms with Crippen LogP contribution in [-0.2, 0) is 11.2 Å². The van der Waals surface area contributed by atoms with Gasteiger partial charge in [0, 0.05) is 25.6 Å². The van der Waals surface area contributed by atoms with Crippen molar-refractivity contribution < 1.29 is 23.8 Å². The van der Waals surface area contributed by atoms with Gasteiger partial charge in [-0.25, -0.2) is 4.79 Å². The van der Waals surface area contributed by atoms with Gasteiger partial charge in [-0.2, -0.15) is 0 Å². The maximum Gasteiger partial charge on any atom is 0.318 e. The first kappa shape index (κ1) is 22.8. The van der Waals surface area contributed by atoms with Gasteiger partial charge in [0.2, 0.25) is 5.91 Å². The number of fused-ring (bicyclic) bond motifs is 1. The second-order valence-electron chi connectivity index (χ2n) is 8.35. The zero-order valence-electron chi connectivity index (χ0n) is 19.3. The van der Waals surface area contributed by atoms with Crippen molar-refractivity contribution in [2.45, 2.75) is 37.8 Å². The van der Waals surface area contributed by atoms with E-state index >= 15 is 0 Å². The number of rotatable bonds is 8. The molecule has 176 valence electrons. The highest BCUT2D eigenvalue weighted by Crippen LogP contribution is 2.41. The molecule has 1 fully saturated rings. The third-order valence-electron chi connectivity index (χ3n) is 6.14. The SMILES string of the molecule is COc1ccc([C@@H]2c3cc(OC)c(OC)cc3CCN2C(=O)NCCC(=O)NC2CC2)cc1. The number of hydrogen-bond acceptors (Lipinski definition) is 5. The van der Waals surface area contributed by atoms with Gasteiger partial charge in [0.15, 0.2) is 11.5 Å². The van der Waals surface area contributed by atoms with Crippen molar-refractivity contribution in [2.75, 3.05) is 34.4 Å². The van der Waals surface area contributed by atoms with Crippen molar-refractivity contribution in [3.63, 3.8) is 0 Å². The zero-order chi connectivity index (χ0) is 23.4. The Kier molecular flexibility index (Phi) is 6.91. The first-order chi connectivity index (χ1) is 16.0. The topological polar surface area (TPSA) is 89.1 Å². The molecule has 2 aromatic carbocycles. The van der Waals surface area contributed by atoms with Crippen LogP contribution in [0, 0.1) is 0 Å². The van der Waals surface area contributed by atoms with Crippen molar-refractivity contribution in [2.24, 2.45) is 0 Å². The average molecular weight is 454 g/mol. The summed E-state index contributed by atoms with van der Waals surface area (Å²) in [5, 5.41) is 5.87. The largest absolute Gasteiger partial charge is 0.497 e. The lowest BCUT2D eigenvalue weighted by molar-refractivity contribution is -0.121. The minimum atomic E-state index is -0.306. The molecule has 1 heterocycles. The van der Waals surface area contributed by atoms with E-state index in [1.807, 2.05) is 41.3 Å². The Bertz CT molecular complexity index is 1000. The zero-order valence-corrected chi connectivity index (χ0v) is 19.3. The first-order valence-electron chi connectivity index (χ1n) is 11.3. The third-order valence-corrected chi connectivity index (χ3v) is 6.14. The molecule has 0 aromatic heterocycles. The van der Waals surface area contributed by atoms with E-state index in [2.05, 4.69) is 10.6 Å². The standard InChI is InChI=1S/C25H31N3O5/c1-31-19-8-4-16(5-9-19)24-20-15-22(33-3)21(32-2)14-17(20)11-13-28(24)25(30)26-12-10-23(29)27-18-6-7-18/h4-5,8-9,14-15,18,24H,6-7,10-13H2,1-3H3,(H,26,30)(H,27,29)/t24-/m1/s1.